The number of carboxylic acids is 1. The van der Waals surface area contributed by atoms with Crippen molar-refractivity contribution in [2.24, 2.45) is 10.2 Å². The zero-order valence-electron chi connectivity index (χ0n) is 13.5. The van der Waals surface area contributed by atoms with Crippen molar-refractivity contribution in [2.75, 3.05) is 7.11 Å². The summed E-state index contributed by atoms with van der Waals surface area (Å²) in [6.07, 6.45) is -0.584. The maximum absolute atomic E-state index is 11.9. The van der Waals surface area contributed by atoms with Crippen LogP contribution in [0.3, 0.4) is 0 Å². The van der Waals surface area contributed by atoms with Gasteiger partial charge in [0.05, 0.1) is 12.1 Å². The van der Waals surface area contributed by atoms with E-state index in [-0.39, 0.29) is 50.3 Å². The molecule has 0 heterocycles. The fourth-order valence-corrected chi connectivity index (χ4v) is 1.96. The molecule has 0 bridgehead atoms. The molecule has 0 amide bonds. The summed E-state index contributed by atoms with van der Waals surface area (Å²) in [5.74, 6) is -1.12. The van der Waals surface area contributed by atoms with Crippen LogP contribution in [0.15, 0.2) is 38.9 Å². The van der Waals surface area contributed by atoms with Gasteiger partial charge in [0.2, 0.25) is 0 Å². The van der Waals surface area contributed by atoms with E-state index in [9.17, 15) is 14.7 Å². The van der Waals surface area contributed by atoms with Crippen molar-refractivity contribution in [3.05, 3.63) is 34.3 Å². The molecule has 0 saturated carbocycles. The minimum atomic E-state index is -0.944. The van der Waals surface area contributed by atoms with Crippen LogP contribution in [0.25, 0.3) is 0 Å². The minimum absolute atomic E-state index is 0. The molecule has 9 heteroatoms. The molecule has 0 fully saturated rings. The van der Waals surface area contributed by atoms with Crippen LogP contribution in [0.4, 0.5) is 0 Å². The van der Waals surface area contributed by atoms with Gasteiger partial charge in [0.25, 0.3) is 0 Å². The predicted octanol–water partition coefficient (Wildman–Crippen LogP) is -1.27. The maximum Gasteiger partial charge on any atom is 1.00 e. The Balaban J connectivity index is 0.00000529. The average Bonchev–Trinajstić information content (AvgIpc) is 2.51. The first-order chi connectivity index (χ1) is 10.9. The van der Waals surface area contributed by atoms with Gasteiger partial charge in [0.1, 0.15) is 5.78 Å². The van der Waals surface area contributed by atoms with E-state index in [4.69, 9.17) is 5.11 Å². The van der Waals surface area contributed by atoms with Crippen LogP contribution in [0, 0.1) is 0 Å². The predicted molar refractivity (Wildman–Crippen MR) is 86.2 cm³/mol. The molecule has 124 valence electrons. The van der Waals surface area contributed by atoms with Gasteiger partial charge in [-0.15, -0.1) is 5.10 Å². The third-order valence-corrected chi connectivity index (χ3v) is 3.34. The third kappa shape index (κ3) is 8.87. The van der Waals surface area contributed by atoms with Gasteiger partial charge in [-0.25, -0.2) is 0 Å². The van der Waals surface area contributed by atoms with Gasteiger partial charge in [-0.2, -0.15) is 5.10 Å². The molecule has 24 heavy (non-hydrogen) atoms. The van der Waals surface area contributed by atoms with E-state index in [2.05, 4.69) is 30.9 Å². The van der Waals surface area contributed by atoms with Gasteiger partial charge in [-0.3, -0.25) is 9.59 Å². The summed E-state index contributed by atoms with van der Waals surface area (Å²) in [6, 6.07) is 7.02. The van der Waals surface area contributed by atoms with Gasteiger partial charge in [0.15, 0.2) is 6.08 Å². The number of carboxylic acid groups (broad SMARTS) is 1. The van der Waals surface area contributed by atoms with E-state index < -0.39 is 12.1 Å². The Morgan fingerprint density at radius 3 is 2.38 bits per heavy atom. The first kappa shape index (κ1) is 22.4. The Morgan fingerprint density at radius 2 is 1.83 bits per heavy atom. The number of carbonyl (C=O) groups excluding carboxylic acids is 1. The fraction of sp³-hybridized carbons (Fsp3) is 0.333. The van der Waals surface area contributed by atoms with Gasteiger partial charge in [-0.1, -0.05) is 28.1 Å². The second-order valence-electron chi connectivity index (χ2n) is 4.59. The molecule has 0 unspecified atom stereocenters. The van der Waals surface area contributed by atoms with E-state index in [1.54, 1.807) is 24.3 Å². The van der Waals surface area contributed by atoms with Crippen molar-refractivity contribution >= 4 is 39.5 Å². The Hall–Kier alpha value is -1.62. The molecular weight excluding hydrogens is 375 g/mol. The van der Waals surface area contributed by atoms with Gasteiger partial charge < -0.3 is 14.9 Å². The fourth-order valence-electron chi connectivity index (χ4n) is 1.69. The topological polar surface area (TPSA) is 111 Å². The molecule has 0 aliphatic heterocycles. The summed E-state index contributed by atoms with van der Waals surface area (Å²) in [4.78, 5) is 22.4. The number of ketones is 1. The number of benzene rings is 1. The Morgan fingerprint density at radius 1 is 1.21 bits per heavy atom. The summed E-state index contributed by atoms with van der Waals surface area (Å²) in [5, 5.41) is 26.8. The molecule has 0 saturated heterocycles. The largest absolute Gasteiger partial charge is 1.00 e. The number of hydrogen-bond donors (Lipinski definition) is 1. The number of methoxy groups -OCH3 is 1. The van der Waals surface area contributed by atoms with Gasteiger partial charge >= 0.3 is 24.8 Å². The van der Waals surface area contributed by atoms with Crippen molar-refractivity contribution in [3.63, 3.8) is 0 Å². The first-order valence-corrected chi connectivity index (χ1v) is 7.56. The second-order valence-corrected chi connectivity index (χ2v) is 5.50. The number of halogens is 1. The molecule has 0 aliphatic rings. The summed E-state index contributed by atoms with van der Waals surface area (Å²) in [5.41, 5.74) is 0.968. The summed E-state index contributed by atoms with van der Waals surface area (Å²) >= 11 is 3.31. The Kier molecular flexibility index (Phi) is 11.0. The molecule has 1 aromatic carbocycles. The van der Waals surface area contributed by atoms with E-state index in [1.165, 1.54) is 7.11 Å². The molecule has 1 N–H and O–H groups in total. The van der Waals surface area contributed by atoms with Crippen molar-refractivity contribution < 1.29 is 43.4 Å². The Bertz CT molecular complexity index is 617. The summed E-state index contributed by atoms with van der Waals surface area (Å²) in [6.45, 7) is 0. The monoisotopic (exact) mass is 390 g/mol. The van der Waals surface area contributed by atoms with Crippen molar-refractivity contribution in [1.29, 1.82) is 0 Å². The number of rotatable bonds is 8. The molecule has 7 nitrogen and oxygen atoms in total. The SMILES string of the molecule is CO/C([O-])=N/N=C(\CC(=O)CCCC(=O)O)c1ccc(Br)cc1.[Li+]. The number of Topliss-reactive ketones (excluding diaryl/α,β-unsaturated/α-hetero) is 1. The van der Waals surface area contributed by atoms with Crippen LogP contribution in [0.1, 0.15) is 31.2 Å². The third-order valence-electron chi connectivity index (χ3n) is 2.82. The number of ether oxygens (including phenoxy) is 1. The zero-order chi connectivity index (χ0) is 17.2. The standard InChI is InChI=1S/C15H17BrN2O5.Li/c1-23-15(22)18-17-13(10-5-7-11(16)8-6-10)9-12(19)3-2-4-14(20)21;/h5-8H,2-4,9H2,1H3,(H,18,22)(H,20,21);/q;+1/p-1/b17-13+;. The summed E-state index contributed by atoms with van der Waals surface area (Å²) < 4.78 is 5.24. The number of hydrogen-bond acceptors (Lipinski definition) is 6. The van der Waals surface area contributed by atoms with Gasteiger partial charge in [-0.05, 0) is 31.2 Å². The van der Waals surface area contributed by atoms with Crippen molar-refractivity contribution in [2.45, 2.75) is 25.7 Å². The molecule has 0 spiro atoms. The average molecular weight is 391 g/mol. The Labute approximate surface area is 160 Å². The molecule has 1 aromatic rings. The molecule has 0 atom stereocenters. The van der Waals surface area contributed by atoms with Crippen LogP contribution in [0.5, 0.6) is 0 Å². The zero-order valence-corrected chi connectivity index (χ0v) is 15.1. The van der Waals surface area contributed by atoms with Crippen LogP contribution >= 0.6 is 15.9 Å². The van der Waals surface area contributed by atoms with Crippen LogP contribution < -0.4 is 24.0 Å². The van der Waals surface area contributed by atoms with E-state index in [0.29, 0.717) is 11.3 Å². The van der Waals surface area contributed by atoms with Crippen molar-refractivity contribution in [1.82, 2.24) is 0 Å². The van der Waals surface area contributed by atoms with E-state index in [0.717, 1.165) is 4.47 Å². The van der Waals surface area contributed by atoms with Crippen LogP contribution in [0.2, 0.25) is 0 Å². The molecular formula is C15H16BrLiN2O5. The number of aliphatic carboxylic acids is 1. The van der Waals surface area contributed by atoms with Crippen molar-refractivity contribution in [3.8, 4) is 0 Å². The second kappa shape index (κ2) is 11.8. The smallest absolute Gasteiger partial charge is 0.602 e. The minimum Gasteiger partial charge on any atom is -0.602 e. The van der Waals surface area contributed by atoms with E-state index >= 15 is 0 Å². The van der Waals surface area contributed by atoms with E-state index in [1.807, 2.05) is 0 Å². The molecule has 0 aromatic heterocycles. The molecule has 0 radical (unpaired) electrons. The van der Waals surface area contributed by atoms with Gasteiger partial charge in [0, 0.05) is 17.3 Å². The summed E-state index contributed by atoms with van der Waals surface area (Å²) in [7, 11) is 1.18. The van der Waals surface area contributed by atoms with Crippen LogP contribution in [-0.4, -0.2) is 35.8 Å². The number of nitrogens with zero attached hydrogens (tertiary/aromatic N) is 2. The molecule has 1 rings (SSSR count). The number of carbonyl (C=O) groups is 2. The quantitative estimate of drug-likeness (QED) is 0.257. The molecule has 0 aliphatic carbocycles. The van der Waals surface area contributed by atoms with Crippen LogP contribution in [-0.2, 0) is 14.3 Å². The maximum atomic E-state index is 11.9. The first-order valence-electron chi connectivity index (χ1n) is 6.77. The normalized spacial score (nSPS) is 11.6.